The zero-order chi connectivity index (χ0) is 22.8. The van der Waals surface area contributed by atoms with Gasteiger partial charge in [-0.25, -0.2) is 5.01 Å². The fraction of sp³-hybridized carbons (Fsp3) is 0.391. The van der Waals surface area contributed by atoms with Crippen molar-refractivity contribution < 1.29 is 23.8 Å². The van der Waals surface area contributed by atoms with E-state index in [1.165, 1.54) is 19.2 Å². The van der Waals surface area contributed by atoms with E-state index in [1.807, 2.05) is 20.8 Å². The molecule has 2 aromatic carbocycles. The third kappa shape index (κ3) is 4.71. The van der Waals surface area contributed by atoms with Crippen molar-refractivity contribution in [3.63, 3.8) is 0 Å². The number of nitrogens with zero attached hydrogens (tertiary/aromatic N) is 1. The van der Waals surface area contributed by atoms with Crippen LogP contribution in [0.2, 0.25) is 5.02 Å². The van der Waals surface area contributed by atoms with Crippen molar-refractivity contribution >= 4 is 23.4 Å². The Kier molecular flexibility index (Phi) is 6.65. The predicted molar refractivity (Wildman–Crippen MR) is 118 cm³/mol. The third-order valence-electron chi connectivity index (χ3n) is 4.99. The van der Waals surface area contributed by atoms with Gasteiger partial charge in [-0.1, -0.05) is 11.6 Å². The molecule has 3 rings (SSSR count). The quantitative estimate of drug-likeness (QED) is 0.710. The highest BCUT2D eigenvalue weighted by Crippen LogP contribution is 2.34. The Morgan fingerprint density at radius 3 is 2.45 bits per heavy atom. The molecule has 2 aromatic rings. The van der Waals surface area contributed by atoms with Crippen LogP contribution in [0.1, 0.15) is 53.5 Å². The number of hydrogen-bond donors (Lipinski definition) is 1. The molecule has 0 aliphatic carbocycles. The van der Waals surface area contributed by atoms with Crippen molar-refractivity contribution in [2.75, 3.05) is 20.8 Å². The number of hydrazine groups is 1. The minimum Gasteiger partial charge on any atom is -0.493 e. The lowest BCUT2D eigenvalue weighted by molar-refractivity contribution is 0.0358. The second kappa shape index (κ2) is 9.06. The van der Waals surface area contributed by atoms with Crippen molar-refractivity contribution in [1.29, 1.82) is 0 Å². The van der Waals surface area contributed by atoms with Crippen LogP contribution in [0.15, 0.2) is 30.3 Å². The largest absolute Gasteiger partial charge is 0.493 e. The van der Waals surface area contributed by atoms with E-state index in [4.69, 9.17) is 25.8 Å². The van der Waals surface area contributed by atoms with Gasteiger partial charge >= 0.3 is 0 Å². The van der Waals surface area contributed by atoms with E-state index in [-0.39, 0.29) is 5.91 Å². The number of fused-ring (bicyclic) bond motifs is 1. The Hall–Kier alpha value is -2.93. The monoisotopic (exact) mass is 446 g/mol. The fourth-order valence-corrected chi connectivity index (χ4v) is 3.70. The summed E-state index contributed by atoms with van der Waals surface area (Å²) >= 11 is 6.51. The number of rotatable bonds is 4. The molecule has 0 aromatic heterocycles. The topological polar surface area (TPSA) is 77.1 Å². The van der Waals surface area contributed by atoms with Crippen molar-refractivity contribution in [3.8, 4) is 17.2 Å². The first-order chi connectivity index (χ1) is 14.7. The molecule has 8 heteroatoms. The summed E-state index contributed by atoms with van der Waals surface area (Å²) in [6.07, 6.45) is 1.58. The molecule has 2 amide bonds. The van der Waals surface area contributed by atoms with E-state index in [0.29, 0.717) is 40.0 Å². The van der Waals surface area contributed by atoms with Gasteiger partial charge in [0.05, 0.1) is 37.0 Å². The summed E-state index contributed by atoms with van der Waals surface area (Å²) in [5.74, 6) is 0.767. The van der Waals surface area contributed by atoms with Crippen LogP contribution >= 0.6 is 11.6 Å². The summed E-state index contributed by atoms with van der Waals surface area (Å²) in [6.45, 7) is 6.11. The molecule has 1 N–H and O–H groups in total. The van der Waals surface area contributed by atoms with Gasteiger partial charge in [0.15, 0.2) is 11.5 Å². The maximum absolute atomic E-state index is 13.3. The lowest BCUT2D eigenvalue weighted by Crippen LogP contribution is -2.56. The summed E-state index contributed by atoms with van der Waals surface area (Å²) < 4.78 is 16.1. The van der Waals surface area contributed by atoms with Gasteiger partial charge in [-0.3, -0.25) is 15.0 Å². The molecule has 0 bridgehead atoms. The van der Waals surface area contributed by atoms with Gasteiger partial charge in [-0.15, -0.1) is 0 Å². The molecular weight excluding hydrogens is 420 g/mol. The number of carbonyl (C=O) groups excluding carboxylic acids is 2. The van der Waals surface area contributed by atoms with Crippen LogP contribution in [0.3, 0.4) is 0 Å². The smallest absolute Gasteiger partial charge is 0.272 e. The van der Waals surface area contributed by atoms with E-state index in [1.54, 1.807) is 30.3 Å². The van der Waals surface area contributed by atoms with Crippen LogP contribution < -0.4 is 19.6 Å². The van der Waals surface area contributed by atoms with Crippen LogP contribution in [0.4, 0.5) is 0 Å². The molecule has 1 aliphatic heterocycles. The van der Waals surface area contributed by atoms with E-state index < -0.39 is 11.4 Å². The number of methoxy groups -OCH3 is 2. The average Bonchev–Trinajstić information content (AvgIpc) is 2.76. The second-order valence-electron chi connectivity index (χ2n) is 8.18. The number of hydrogen-bond acceptors (Lipinski definition) is 5. The van der Waals surface area contributed by atoms with Crippen molar-refractivity contribution in [1.82, 2.24) is 10.4 Å². The number of halogens is 1. The van der Waals surface area contributed by atoms with Gasteiger partial charge in [0, 0.05) is 11.1 Å². The lowest BCUT2D eigenvalue weighted by Gasteiger charge is -2.35. The van der Waals surface area contributed by atoms with Crippen LogP contribution in [0, 0.1) is 0 Å². The zero-order valence-electron chi connectivity index (χ0n) is 18.4. The first-order valence-corrected chi connectivity index (χ1v) is 10.4. The minimum absolute atomic E-state index is 0.292. The Bertz CT molecular complexity index is 1000. The Balaban J connectivity index is 1.91. The van der Waals surface area contributed by atoms with Gasteiger partial charge in [-0.05, 0) is 63.9 Å². The molecule has 0 saturated heterocycles. The number of benzene rings is 2. The number of ether oxygens (including phenoxy) is 3. The Morgan fingerprint density at radius 1 is 1.10 bits per heavy atom. The molecule has 0 radical (unpaired) electrons. The molecule has 31 heavy (non-hydrogen) atoms. The highest BCUT2D eigenvalue weighted by Gasteiger charge is 2.31. The first-order valence-electron chi connectivity index (χ1n) is 9.99. The maximum Gasteiger partial charge on any atom is 0.272 e. The highest BCUT2D eigenvalue weighted by atomic mass is 35.5. The summed E-state index contributed by atoms with van der Waals surface area (Å²) in [7, 11) is 3.02. The molecule has 0 spiro atoms. The van der Waals surface area contributed by atoms with Gasteiger partial charge in [0.1, 0.15) is 5.75 Å². The van der Waals surface area contributed by atoms with Crippen molar-refractivity contribution in [2.45, 2.75) is 39.2 Å². The Labute approximate surface area is 187 Å². The SMILES string of the molecule is COc1ccc(C(=O)N(NC(=O)c2ccc3c(c2Cl)CCCO3)C(C)(C)C)cc1OC. The minimum atomic E-state index is -0.705. The lowest BCUT2D eigenvalue weighted by atomic mass is 10.0. The number of nitrogens with one attached hydrogen (secondary N) is 1. The molecule has 1 heterocycles. The number of amides is 2. The van der Waals surface area contributed by atoms with Gasteiger partial charge in [0.2, 0.25) is 0 Å². The molecule has 1 aliphatic rings. The maximum atomic E-state index is 13.3. The first kappa shape index (κ1) is 22.7. The van der Waals surface area contributed by atoms with E-state index >= 15 is 0 Å². The molecule has 0 saturated carbocycles. The summed E-state index contributed by atoms with van der Waals surface area (Å²) in [4.78, 5) is 26.4. The number of carbonyl (C=O) groups is 2. The summed E-state index contributed by atoms with van der Waals surface area (Å²) in [5, 5.41) is 1.64. The molecule has 166 valence electrons. The Morgan fingerprint density at radius 2 is 1.81 bits per heavy atom. The predicted octanol–water partition coefficient (Wildman–Crippen LogP) is 4.27. The average molecular weight is 447 g/mol. The standard InChI is InChI=1S/C23H27ClN2O5/c1-23(2,3)26(22(28)14-8-10-18(29-4)19(13-14)30-5)25-21(27)16-9-11-17-15(20(16)24)7-6-12-31-17/h8-11,13H,6-7,12H2,1-5H3,(H,25,27). The normalized spacial score (nSPS) is 13.0. The summed E-state index contributed by atoms with van der Waals surface area (Å²) in [5.41, 5.74) is 3.48. The molecule has 7 nitrogen and oxygen atoms in total. The van der Waals surface area contributed by atoms with Gasteiger partial charge in [0.25, 0.3) is 11.8 Å². The third-order valence-corrected chi connectivity index (χ3v) is 5.42. The van der Waals surface area contributed by atoms with Crippen LogP contribution in [0.5, 0.6) is 17.2 Å². The van der Waals surface area contributed by atoms with E-state index in [9.17, 15) is 9.59 Å². The van der Waals surface area contributed by atoms with Crippen LogP contribution in [-0.2, 0) is 6.42 Å². The molecule has 0 atom stereocenters. The summed E-state index contributed by atoms with van der Waals surface area (Å²) in [6, 6.07) is 8.21. The molecule has 0 unspecified atom stereocenters. The van der Waals surface area contributed by atoms with Crippen molar-refractivity contribution in [3.05, 3.63) is 52.0 Å². The van der Waals surface area contributed by atoms with Crippen LogP contribution in [0.25, 0.3) is 0 Å². The van der Waals surface area contributed by atoms with Crippen molar-refractivity contribution in [2.24, 2.45) is 0 Å². The van der Waals surface area contributed by atoms with Crippen LogP contribution in [-0.4, -0.2) is 43.2 Å². The molecular formula is C23H27ClN2O5. The second-order valence-corrected chi connectivity index (χ2v) is 8.56. The van der Waals surface area contributed by atoms with E-state index in [2.05, 4.69) is 5.43 Å². The fourth-order valence-electron chi connectivity index (χ4n) is 3.36. The van der Waals surface area contributed by atoms with Gasteiger partial charge in [-0.2, -0.15) is 0 Å². The zero-order valence-corrected chi connectivity index (χ0v) is 19.1. The van der Waals surface area contributed by atoms with Gasteiger partial charge < -0.3 is 14.2 Å². The highest BCUT2D eigenvalue weighted by molar-refractivity contribution is 6.34. The molecule has 0 fully saturated rings. The van der Waals surface area contributed by atoms with E-state index in [0.717, 1.165) is 18.4 Å².